The minimum Gasteiger partial charge on any atom is -0.339 e. The minimum absolute atomic E-state index is 0.0190. The van der Waals surface area contributed by atoms with Gasteiger partial charge in [-0.15, -0.1) is 0 Å². The summed E-state index contributed by atoms with van der Waals surface area (Å²) >= 11 is 0. The third-order valence-corrected chi connectivity index (χ3v) is 4.59. The molecule has 0 radical (unpaired) electrons. The lowest BCUT2D eigenvalue weighted by molar-refractivity contribution is 0.319. The summed E-state index contributed by atoms with van der Waals surface area (Å²) in [6.07, 6.45) is 4.58. The Morgan fingerprint density at radius 3 is 2.75 bits per heavy atom. The Kier molecular flexibility index (Phi) is 2.84. The molecule has 1 aliphatic carbocycles. The molecule has 0 bridgehead atoms. The zero-order valence-corrected chi connectivity index (χ0v) is 11.5. The first-order valence-corrected chi connectivity index (χ1v) is 7.49. The van der Waals surface area contributed by atoms with Gasteiger partial charge < -0.3 is 9.84 Å². The second-order valence-corrected chi connectivity index (χ2v) is 5.95. The van der Waals surface area contributed by atoms with Crippen molar-refractivity contribution in [2.75, 3.05) is 13.1 Å². The molecule has 1 aromatic carbocycles. The summed E-state index contributed by atoms with van der Waals surface area (Å²) < 4.78 is 5.55. The van der Waals surface area contributed by atoms with E-state index in [1.165, 1.54) is 12.0 Å². The van der Waals surface area contributed by atoms with E-state index < -0.39 is 0 Å². The molecular weight excluding hydrogens is 250 g/mol. The van der Waals surface area contributed by atoms with Gasteiger partial charge in [0.25, 0.3) is 0 Å². The van der Waals surface area contributed by atoms with Crippen molar-refractivity contribution in [1.29, 1.82) is 0 Å². The van der Waals surface area contributed by atoms with Crippen LogP contribution in [0.3, 0.4) is 0 Å². The van der Waals surface area contributed by atoms with Gasteiger partial charge >= 0.3 is 0 Å². The quantitative estimate of drug-likeness (QED) is 0.930. The zero-order chi connectivity index (χ0) is 13.4. The minimum atomic E-state index is 0.0190. The molecule has 20 heavy (non-hydrogen) atoms. The number of piperidine rings is 1. The molecule has 2 aliphatic rings. The lowest BCUT2D eigenvalue weighted by atomic mass is 9.95. The average Bonchev–Trinajstić information content (AvgIpc) is 3.19. The monoisotopic (exact) mass is 269 g/mol. The molecule has 0 amide bonds. The van der Waals surface area contributed by atoms with Crippen LogP contribution in [0.5, 0.6) is 0 Å². The summed E-state index contributed by atoms with van der Waals surface area (Å²) in [6, 6.07) is 10.6. The molecule has 2 aromatic rings. The molecule has 1 atom stereocenters. The van der Waals surface area contributed by atoms with E-state index in [0.717, 1.165) is 44.1 Å². The van der Waals surface area contributed by atoms with Crippen molar-refractivity contribution < 1.29 is 4.52 Å². The van der Waals surface area contributed by atoms with Gasteiger partial charge in [0.2, 0.25) is 5.89 Å². The van der Waals surface area contributed by atoms with Crippen molar-refractivity contribution in [1.82, 2.24) is 15.5 Å². The summed E-state index contributed by atoms with van der Waals surface area (Å²) in [7, 11) is 0. The van der Waals surface area contributed by atoms with E-state index in [0.29, 0.717) is 5.92 Å². The van der Waals surface area contributed by atoms with Crippen molar-refractivity contribution >= 4 is 0 Å². The first-order valence-electron chi connectivity index (χ1n) is 7.49. The molecule has 2 heterocycles. The van der Waals surface area contributed by atoms with E-state index in [9.17, 15) is 0 Å². The van der Waals surface area contributed by atoms with Crippen LogP contribution in [0.1, 0.15) is 48.9 Å². The summed E-state index contributed by atoms with van der Waals surface area (Å²) in [5.41, 5.74) is 1.33. The van der Waals surface area contributed by atoms with E-state index >= 15 is 0 Å². The molecule has 1 aliphatic heterocycles. The maximum atomic E-state index is 5.55. The largest absolute Gasteiger partial charge is 0.339 e. The third kappa shape index (κ3) is 1.95. The van der Waals surface area contributed by atoms with Gasteiger partial charge in [-0.2, -0.15) is 4.98 Å². The lowest BCUT2D eigenvalue weighted by Crippen LogP contribution is -2.28. The Balaban J connectivity index is 1.62. The highest BCUT2D eigenvalue weighted by Gasteiger charge is 2.50. The van der Waals surface area contributed by atoms with E-state index in [2.05, 4.69) is 40.8 Å². The summed E-state index contributed by atoms with van der Waals surface area (Å²) in [6.45, 7) is 2.06. The average molecular weight is 269 g/mol. The number of nitrogens with one attached hydrogen (secondary N) is 1. The van der Waals surface area contributed by atoms with Crippen molar-refractivity contribution in [2.24, 2.45) is 0 Å². The van der Waals surface area contributed by atoms with Crippen LogP contribution in [-0.2, 0) is 5.41 Å². The maximum absolute atomic E-state index is 5.55. The number of benzene rings is 1. The smallest absolute Gasteiger partial charge is 0.231 e. The van der Waals surface area contributed by atoms with Gasteiger partial charge in [-0.25, -0.2) is 0 Å². The molecule has 0 spiro atoms. The number of aromatic nitrogens is 2. The molecule has 104 valence electrons. The molecule has 1 N–H and O–H groups in total. The van der Waals surface area contributed by atoms with E-state index in [1.807, 2.05) is 0 Å². The van der Waals surface area contributed by atoms with Crippen LogP contribution >= 0.6 is 0 Å². The highest BCUT2D eigenvalue weighted by atomic mass is 16.5. The van der Waals surface area contributed by atoms with Crippen LogP contribution in [0, 0.1) is 0 Å². The Labute approximate surface area is 118 Å². The van der Waals surface area contributed by atoms with Crippen molar-refractivity contribution in [3.05, 3.63) is 47.6 Å². The number of hydrogen-bond acceptors (Lipinski definition) is 4. The van der Waals surface area contributed by atoms with E-state index in [4.69, 9.17) is 9.51 Å². The normalized spacial score (nSPS) is 24.5. The Hall–Kier alpha value is -1.68. The van der Waals surface area contributed by atoms with Crippen molar-refractivity contribution in [3.63, 3.8) is 0 Å². The molecule has 2 fully saturated rings. The van der Waals surface area contributed by atoms with Crippen LogP contribution < -0.4 is 5.32 Å². The third-order valence-electron chi connectivity index (χ3n) is 4.59. The Morgan fingerprint density at radius 2 is 2.05 bits per heavy atom. The molecule has 1 saturated carbocycles. The van der Waals surface area contributed by atoms with E-state index in [-0.39, 0.29) is 5.41 Å². The molecule has 1 saturated heterocycles. The van der Waals surface area contributed by atoms with Crippen LogP contribution in [0.4, 0.5) is 0 Å². The molecule has 1 aromatic heterocycles. The van der Waals surface area contributed by atoms with Gasteiger partial charge in [-0.3, -0.25) is 0 Å². The van der Waals surface area contributed by atoms with Crippen LogP contribution in [-0.4, -0.2) is 23.2 Å². The predicted octanol–water partition coefficient (Wildman–Crippen LogP) is 2.62. The molecular formula is C16H19N3O. The van der Waals surface area contributed by atoms with Gasteiger partial charge in [0, 0.05) is 6.54 Å². The molecule has 4 nitrogen and oxygen atoms in total. The van der Waals surface area contributed by atoms with Crippen molar-refractivity contribution in [3.8, 4) is 0 Å². The summed E-state index contributed by atoms with van der Waals surface area (Å²) in [5, 5.41) is 7.69. The Bertz CT molecular complexity index is 583. The fraction of sp³-hybridized carbons (Fsp3) is 0.500. The topological polar surface area (TPSA) is 51.0 Å². The first-order chi connectivity index (χ1) is 9.88. The van der Waals surface area contributed by atoms with Crippen LogP contribution in [0.25, 0.3) is 0 Å². The molecule has 4 heteroatoms. The molecule has 1 unspecified atom stereocenters. The standard InChI is InChI=1S/C16H19N3O/c1-2-6-13(7-3-1)16(8-9-16)15-18-14(20-19-15)12-5-4-10-17-11-12/h1-3,6-7,12,17H,4-5,8-11H2. The fourth-order valence-corrected chi connectivity index (χ4v) is 3.18. The first kappa shape index (κ1) is 12.1. The zero-order valence-electron chi connectivity index (χ0n) is 11.5. The van der Waals surface area contributed by atoms with E-state index in [1.54, 1.807) is 0 Å². The van der Waals surface area contributed by atoms with Gasteiger partial charge in [0.05, 0.1) is 11.3 Å². The van der Waals surface area contributed by atoms with Crippen LogP contribution in [0.15, 0.2) is 34.9 Å². The Morgan fingerprint density at radius 1 is 1.20 bits per heavy atom. The predicted molar refractivity (Wildman–Crippen MR) is 75.6 cm³/mol. The maximum Gasteiger partial charge on any atom is 0.231 e. The fourth-order valence-electron chi connectivity index (χ4n) is 3.18. The highest BCUT2D eigenvalue weighted by molar-refractivity contribution is 5.38. The second-order valence-electron chi connectivity index (χ2n) is 5.95. The van der Waals surface area contributed by atoms with Crippen molar-refractivity contribution in [2.45, 2.75) is 37.0 Å². The lowest BCUT2D eigenvalue weighted by Gasteiger charge is -2.18. The van der Waals surface area contributed by atoms with Gasteiger partial charge in [0.15, 0.2) is 5.82 Å². The second kappa shape index (κ2) is 4.70. The number of rotatable bonds is 3. The van der Waals surface area contributed by atoms with Gasteiger partial charge in [-0.1, -0.05) is 35.5 Å². The molecule has 4 rings (SSSR count). The SMILES string of the molecule is c1ccc(C2(c3noc(C4CCCNC4)n3)CC2)cc1. The summed E-state index contributed by atoms with van der Waals surface area (Å²) in [5.74, 6) is 2.08. The number of hydrogen-bond donors (Lipinski definition) is 1. The number of nitrogens with zero attached hydrogens (tertiary/aromatic N) is 2. The van der Waals surface area contributed by atoms with Gasteiger partial charge in [-0.05, 0) is 37.8 Å². The summed E-state index contributed by atoms with van der Waals surface area (Å²) in [4.78, 5) is 4.73. The highest BCUT2D eigenvalue weighted by Crippen LogP contribution is 2.52. The van der Waals surface area contributed by atoms with Crippen LogP contribution in [0.2, 0.25) is 0 Å². The van der Waals surface area contributed by atoms with Gasteiger partial charge in [0.1, 0.15) is 0 Å².